The first kappa shape index (κ1) is 20.9. The molecular formula is C24H21N5O3. The third-order valence-electron chi connectivity index (χ3n) is 5.21. The highest BCUT2D eigenvalue weighted by Crippen LogP contribution is 2.19. The van der Waals surface area contributed by atoms with Gasteiger partial charge in [-0.2, -0.15) is 9.78 Å². The van der Waals surface area contributed by atoms with Crippen molar-refractivity contribution in [2.75, 3.05) is 0 Å². The Balaban J connectivity index is 1.45. The van der Waals surface area contributed by atoms with E-state index in [4.69, 9.17) is 0 Å². The number of amides is 1. The molecule has 0 aliphatic carbocycles. The molecule has 0 fully saturated rings. The Morgan fingerprint density at radius 1 is 1.09 bits per heavy atom. The summed E-state index contributed by atoms with van der Waals surface area (Å²) < 4.78 is 1.56. The molecule has 0 spiro atoms. The fourth-order valence-corrected chi connectivity index (χ4v) is 3.48. The zero-order valence-electron chi connectivity index (χ0n) is 17.6. The van der Waals surface area contributed by atoms with E-state index in [0.717, 1.165) is 21.9 Å². The van der Waals surface area contributed by atoms with Crippen LogP contribution in [0.4, 0.5) is 5.82 Å². The number of carbonyl (C=O) groups is 1. The summed E-state index contributed by atoms with van der Waals surface area (Å²) >= 11 is 0. The first-order valence-electron chi connectivity index (χ1n) is 10.0. The number of benzene rings is 3. The van der Waals surface area contributed by atoms with Gasteiger partial charge in [0.05, 0.1) is 29.1 Å². The summed E-state index contributed by atoms with van der Waals surface area (Å²) in [6.45, 7) is 3.99. The minimum Gasteiger partial charge on any atom is -0.358 e. The normalized spacial score (nSPS) is 11.5. The van der Waals surface area contributed by atoms with E-state index in [1.165, 1.54) is 6.07 Å². The predicted molar refractivity (Wildman–Crippen MR) is 123 cm³/mol. The molecule has 8 nitrogen and oxygen atoms in total. The Kier molecular flexibility index (Phi) is 5.76. The van der Waals surface area contributed by atoms with Crippen LogP contribution in [0.1, 0.15) is 34.1 Å². The lowest BCUT2D eigenvalue weighted by Gasteiger charge is -2.07. The van der Waals surface area contributed by atoms with Crippen molar-refractivity contribution in [1.29, 1.82) is 0 Å². The number of hydrazone groups is 1. The zero-order valence-corrected chi connectivity index (χ0v) is 17.6. The largest absolute Gasteiger partial charge is 0.390 e. The van der Waals surface area contributed by atoms with Crippen molar-refractivity contribution < 1.29 is 9.72 Å². The molecule has 1 N–H and O–H groups in total. The molecule has 8 heteroatoms. The van der Waals surface area contributed by atoms with Gasteiger partial charge < -0.3 is 10.1 Å². The highest BCUT2D eigenvalue weighted by atomic mass is 16.6. The first-order chi connectivity index (χ1) is 15.4. The van der Waals surface area contributed by atoms with Gasteiger partial charge in [0.2, 0.25) is 0 Å². The summed E-state index contributed by atoms with van der Waals surface area (Å²) in [7, 11) is 0. The van der Waals surface area contributed by atoms with Crippen molar-refractivity contribution in [3.63, 3.8) is 0 Å². The molecule has 0 saturated heterocycles. The number of fused-ring (bicyclic) bond motifs is 1. The number of rotatable bonds is 6. The lowest BCUT2D eigenvalue weighted by atomic mass is 10.0. The van der Waals surface area contributed by atoms with Crippen LogP contribution in [0.3, 0.4) is 0 Å². The van der Waals surface area contributed by atoms with Crippen LogP contribution >= 0.6 is 0 Å². The summed E-state index contributed by atoms with van der Waals surface area (Å²) in [5, 5.41) is 21.3. The number of nitrogens with zero attached hydrogens (tertiary/aromatic N) is 4. The van der Waals surface area contributed by atoms with Gasteiger partial charge in [-0.05, 0) is 47.2 Å². The second kappa shape index (κ2) is 8.81. The maximum Gasteiger partial charge on any atom is 0.390 e. The zero-order chi connectivity index (χ0) is 22.7. The minimum atomic E-state index is -0.516. The van der Waals surface area contributed by atoms with Crippen LogP contribution in [-0.4, -0.2) is 26.3 Å². The number of carbonyl (C=O) groups excluding carboxylic acids is 1. The number of nitrogens with one attached hydrogen (secondary N) is 1. The molecule has 32 heavy (non-hydrogen) atoms. The monoisotopic (exact) mass is 427 g/mol. The van der Waals surface area contributed by atoms with E-state index in [9.17, 15) is 14.9 Å². The summed E-state index contributed by atoms with van der Waals surface area (Å²) in [4.78, 5) is 22.9. The lowest BCUT2D eigenvalue weighted by Crippen LogP contribution is -2.19. The van der Waals surface area contributed by atoms with E-state index in [0.29, 0.717) is 23.5 Å². The van der Waals surface area contributed by atoms with Crippen LogP contribution in [0.15, 0.2) is 77.9 Å². The maximum atomic E-state index is 12.5. The Bertz CT molecular complexity index is 1330. The van der Waals surface area contributed by atoms with Gasteiger partial charge in [-0.25, -0.2) is 5.43 Å². The van der Waals surface area contributed by atoms with Gasteiger partial charge in [-0.1, -0.05) is 54.6 Å². The van der Waals surface area contributed by atoms with E-state index >= 15 is 0 Å². The molecule has 0 aliphatic heterocycles. The second-order valence-electron chi connectivity index (χ2n) is 7.42. The fourth-order valence-electron chi connectivity index (χ4n) is 3.48. The summed E-state index contributed by atoms with van der Waals surface area (Å²) in [6, 6.07) is 22.4. The molecule has 3 aromatic carbocycles. The molecule has 1 heterocycles. The summed E-state index contributed by atoms with van der Waals surface area (Å²) in [5.74, 6) is -0.500. The Morgan fingerprint density at radius 3 is 2.53 bits per heavy atom. The molecule has 160 valence electrons. The van der Waals surface area contributed by atoms with Gasteiger partial charge in [0.25, 0.3) is 5.91 Å². The summed E-state index contributed by atoms with van der Waals surface area (Å²) in [5.41, 5.74) is 6.31. The topological polar surface area (TPSA) is 102 Å². The van der Waals surface area contributed by atoms with Crippen molar-refractivity contribution in [1.82, 2.24) is 15.2 Å². The smallest absolute Gasteiger partial charge is 0.358 e. The Morgan fingerprint density at radius 2 is 1.81 bits per heavy atom. The first-order valence-corrected chi connectivity index (χ1v) is 10.0. The fraction of sp³-hybridized carbons (Fsp3) is 0.125. The van der Waals surface area contributed by atoms with Gasteiger partial charge in [0, 0.05) is 11.1 Å². The van der Waals surface area contributed by atoms with Crippen molar-refractivity contribution in [2.24, 2.45) is 5.10 Å². The van der Waals surface area contributed by atoms with E-state index < -0.39 is 4.92 Å². The highest BCUT2D eigenvalue weighted by Gasteiger charge is 2.15. The molecule has 1 aromatic heterocycles. The highest BCUT2D eigenvalue weighted by molar-refractivity contribution is 6.10. The van der Waals surface area contributed by atoms with Crippen LogP contribution < -0.4 is 5.43 Å². The quantitative estimate of drug-likeness (QED) is 0.279. The van der Waals surface area contributed by atoms with Gasteiger partial charge in [-0.3, -0.25) is 4.79 Å². The third-order valence-corrected chi connectivity index (χ3v) is 5.21. The Hall–Kier alpha value is -4.33. The minimum absolute atomic E-state index is 0.182. The second-order valence-corrected chi connectivity index (χ2v) is 7.42. The molecule has 0 aliphatic rings. The number of aryl methyl sites for hydroxylation is 1. The molecule has 0 bridgehead atoms. The molecule has 1 amide bonds. The molecular weight excluding hydrogens is 406 g/mol. The van der Waals surface area contributed by atoms with Crippen LogP contribution in [0.2, 0.25) is 0 Å². The number of hydrogen-bond donors (Lipinski definition) is 1. The van der Waals surface area contributed by atoms with Gasteiger partial charge >= 0.3 is 5.82 Å². The van der Waals surface area contributed by atoms with Crippen molar-refractivity contribution >= 4 is 28.2 Å². The van der Waals surface area contributed by atoms with Gasteiger partial charge in [-0.15, -0.1) is 0 Å². The molecule has 0 radical (unpaired) electrons. The van der Waals surface area contributed by atoms with E-state index in [2.05, 4.69) is 15.6 Å². The molecule has 4 aromatic rings. The van der Waals surface area contributed by atoms with E-state index in [1.54, 1.807) is 35.9 Å². The van der Waals surface area contributed by atoms with E-state index in [1.807, 2.05) is 49.4 Å². The lowest BCUT2D eigenvalue weighted by molar-refractivity contribution is -0.389. The third kappa shape index (κ3) is 4.39. The predicted octanol–water partition coefficient (Wildman–Crippen LogP) is 4.46. The molecule has 0 unspecified atom stereocenters. The van der Waals surface area contributed by atoms with Crippen LogP contribution in [0.5, 0.6) is 0 Å². The Labute approximate surface area is 184 Å². The average Bonchev–Trinajstić information content (AvgIpc) is 3.18. The number of hydrogen-bond acceptors (Lipinski definition) is 5. The molecule has 0 atom stereocenters. The van der Waals surface area contributed by atoms with Crippen LogP contribution in [0, 0.1) is 17.0 Å². The summed E-state index contributed by atoms with van der Waals surface area (Å²) in [6.07, 6.45) is 0. The average molecular weight is 427 g/mol. The number of nitro groups is 1. The van der Waals surface area contributed by atoms with Crippen molar-refractivity contribution in [3.8, 4) is 0 Å². The maximum absolute atomic E-state index is 12.5. The van der Waals surface area contributed by atoms with Crippen molar-refractivity contribution in [2.45, 2.75) is 20.4 Å². The standard InChI is InChI=1S/C24H21N5O3/c1-16-14-23(29(31)32)27-28(16)15-18-10-12-20(13-11-18)24(30)26-25-17(2)21-9-5-7-19-6-3-4-8-22(19)21/h3-14H,15H2,1-2H3,(H,26,30)/b25-17+. The SMILES string of the molecule is C/C(=N\NC(=O)c1ccc(Cn2nc([N+](=O)[O-])cc2C)cc1)c1cccc2ccccc12. The van der Waals surface area contributed by atoms with Crippen LogP contribution in [0.25, 0.3) is 10.8 Å². The van der Waals surface area contributed by atoms with Crippen molar-refractivity contribution in [3.05, 3.63) is 105 Å². The van der Waals surface area contributed by atoms with Crippen LogP contribution in [-0.2, 0) is 6.54 Å². The van der Waals surface area contributed by atoms with Gasteiger partial charge in [0.1, 0.15) is 0 Å². The van der Waals surface area contributed by atoms with E-state index in [-0.39, 0.29) is 11.7 Å². The van der Waals surface area contributed by atoms with Gasteiger partial charge in [0.15, 0.2) is 0 Å². The molecule has 4 rings (SSSR count). The number of aromatic nitrogens is 2. The molecule has 0 saturated carbocycles.